The van der Waals surface area contributed by atoms with Crippen LogP contribution in [0.4, 0.5) is 14.9 Å². The second-order valence-corrected chi connectivity index (χ2v) is 4.59. The van der Waals surface area contributed by atoms with Crippen molar-refractivity contribution >= 4 is 11.8 Å². The van der Waals surface area contributed by atoms with Crippen LogP contribution in [0.1, 0.15) is 26.3 Å². The Morgan fingerprint density at radius 1 is 1.38 bits per heavy atom. The average Bonchev–Trinajstić information content (AvgIpc) is 2.08. The van der Waals surface area contributed by atoms with Gasteiger partial charge in [0.1, 0.15) is 11.4 Å². The van der Waals surface area contributed by atoms with Gasteiger partial charge in [-0.25, -0.2) is 9.18 Å². The molecular formula is C12H16FNO2. The van der Waals surface area contributed by atoms with Crippen LogP contribution in [0.2, 0.25) is 0 Å². The maximum absolute atomic E-state index is 13.0. The molecule has 1 aromatic rings. The number of hydrogen-bond acceptors (Lipinski definition) is 2. The van der Waals surface area contributed by atoms with E-state index in [1.807, 2.05) is 0 Å². The summed E-state index contributed by atoms with van der Waals surface area (Å²) in [6.45, 7) is 6.98. The van der Waals surface area contributed by atoms with E-state index in [4.69, 9.17) is 4.74 Å². The van der Waals surface area contributed by atoms with Crippen molar-refractivity contribution in [3.05, 3.63) is 29.6 Å². The zero-order valence-corrected chi connectivity index (χ0v) is 9.93. The summed E-state index contributed by atoms with van der Waals surface area (Å²) in [7, 11) is 0. The number of carbonyl (C=O) groups excluding carboxylic acids is 1. The SMILES string of the molecule is Cc1cc(NC(=O)OC(C)(C)C)ccc1F. The van der Waals surface area contributed by atoms with E-state index in [2.05, 4.69) is 5.32 Å². The molecule has 0 aromatic heterocycles. The van der Waals surface area contributed by atoms with Crippen molar-refractivity contribution in [2.24, 2.45) is 0 Å². The summed E-state index contributed by atoms with van der Waals surface area (Å²) in [5.41, 5.74) is 0.459. The van der Waals surface area contributed by atoms with Crippen molar-refractivity contribution in [3.8, 4) is 0 Å². The number of rotatable bonds is 1. The summed E-state index contributed by atoms with van der Waals surface area (Å²) in [6.07, 6.45) is -0.543. The monoisotopic (exact) mass is 225 g/mol. The van der Waals surface area contributed by atoms with E-state index in [-0.39, 0.29) is 5.82 Å². The molecule has 0 radical (unpaired) electrons. The lowest BCUT2D eigenvalue weighted by Crippen LogP contribution is -2.27. The first kappa shape index (κ1) is 12.5. The summed E-state index contributed by atoms with van der Waals surface area (Å²) in [5.74, 6) is -0.297. The molecule has 0 unspecified atom stereocenters. The van der Waals surface area contributed by atoms with Crippen LogP contribution in [0.15, 0.2) is 18.2 Å². The van der Waals surface area contributed by atoms with Gasteiger partial charge in [-0.2, -0.15) is 0 Å². The molecule has 1 aromatic carbocycles. The molecule has 0 fully saturated rings. The van der Waals surface area contributed by atoms with Gasteiger partial charge in [0.05, 0.1) is 0 Å². The molecule has 1 amide bonds. The first-order chi connectivity index (χ1) is 7.28. The Balaban J connectivity index is 2.67. The molecule has 3 nitrogen and oxygen atoms in total. The molecule has 0 saturated carbocycles. The van der Waals surface area contributed by atoms with Crippen molar-refractivity contribution < 1.29 is 13.9 Å². The predicted molar refractivity (Wildman–Crippen MR) is 61.0 cm³/mol. The van der Waals surface area contributed by atoms with Crippen LogP contribution in [0, 0.1) is 12.7 Å². The molecule has 0 atom stereocenters. The van der Waals surface area contributed by atoms with Gasteiger partial charge < -0.3 is 4.74 Å². The summed E-state index contributed by atoms with van der Waals surface area (Å²) < 4.78 is 18.0. The van der Waals surface area contributed by atoms with Gasteiger partial charge in [-0.15, -0.1) is 0 Å². The highest BCUT2D eigenvalue weighted by molar-refractivity contribution is 5.84. The Morgan fingerprint density at radius 3 is 2.50 bits per heavy atom. The smallest absolute Gasteiger partial charge is 0.412 e. The number of carbonyl (C=O) groups is 1. The average molecular weight is 225 g/mol. The quantitative estimate of drug-likeness (QED) is 0.794. The third kappa shape index (κ3) is 3.88. The van der Waals surface area contributed by atoms with Crippen molar-refractivity contribution in [1.29, 1.82) is 0 Å². The number of nitrogens with one attached hydrogen (secondary N) is 1. The lowest BCUT2D eigenvalue weighted by atomic mass is 10.2. The third-order valence-electron chi connectivity index (χ3n) is 1.80. The molecule has 0 heterocycles. The van der Waals surface area contributed by atoms with Crippen molar-refractivity contribution in [1.82, 2.24) is 0 Å². The Morgan fingerprint density at radius 2 is 2.00 bits per heavy atom. The van der Waals surface area contributed by atoms with E-state index in [1.54, 1.807) is 33.8 Å². The topological polar surface area (TPSA) is 38.3 Å². The Kier molecular flexibility index (Phi) is 3.52. The molecule has 0 aliphatic rings. The fourth-order valence-corrected chi connectivity index (χ4v) is 1.14. The molecule has 88 valence electrons. The first-order valence-electron chi connectivity index (χ1n) is 5.04. The molecule has 1 N–H and O–H groups in total. The fourth-order valence-electron chi connectivity index (χ4n) is 1.14. The van der Waals surface area contributed by atoms with E-state index in [9.17, 15) is 9.18 Å². The minimum absolute atomic E-state index is 0.297. The van der Waals surface area contributed by atoms with Gasteiger partial charge in [-0.1, -0.05) is 0 Å². The summed E-state index contributed by atoms with van der Waals surface area (Å²) in [5, 5.41) is 2.54. The highest BCUT2D eigenvalue weighted by Gasteiger charge is 2.16. The molecule has 1 rings (SSSR count). The largest absolute Gasteiger partial charge is 0.444 e. The van der Waals surface area contributed by atoms with Gasteiger partial charge in [-0.05, 0) is 51.5 Å². The standard InChI is InChI=1S/C12H16FNO2/c1-8-7-9(5-6-10(8)13)14-11(15)16-12(2,3)4/h5-7H,1-4H3,(H,14,15). The molecule has 0 aliphatic carbocycles. The predicted octanol–water partition coefficient (Wildman–Crippen LogP) is 3.48. The van der Waals surface area contributed by atoms with Gasteiger partial charge in [0, 0.05) is 5.69 Å². The van der Waals surface area contributed by atoms with Crippen LogP contribution in [0.5, 0.6) is 0 Å². The van der Waals surface area contributed by atoms with Gasteiger partial charge in [0.2, 0.25) is 0 Å². The lowest BCUT2D eigenvalue weighted by Gasteiger charge is -2.19. The lowest BCUT2D eigenvalue weighted by molar-refractivity contribution is 0.0636. The van der Waals surface area contributed by atoms with Crippen LogP contribution in [0.3, 0.4) is 0 Å². The number of hydrogen-bond donors (Lipinski definition) is 1. The number of amides is 1. The van der Waals surface area contributed by atoms with Crippen LogP contribution in [-0.2, 0) is 4.74 Å². The van der Waals surface area contributed by atoms with E-state index in [0.717, 1.165) is 0 Å². The third-order valence-corrected chi connectivity index (χ3v) is 1.80. The first-order valence-corrected chi connectivity index (χ1v) is 5.04. The van der Waals surface area contributed by atoms with Gasteiger partial charge in [-0.3, -0.25) is 5.32 Å². The van der Waals surface area contributed by atoms with E-state index >= 15 is 0 Å². The van der Waals surface area contributed by atoms with Crippen molar-refractivity contribution in [2.75, 3.05) is 5.32 Å². The maximum atomic E-state index is 13.0. The number of anilines is 1. The molecule has 16 heavy (non-hydrogen) atoms. The second kappa shape index (κ2) is 4.51. The molecule has 0 saturated heterocycles. The normalized spacial score (nSPS) is 11.1. The zero-order valence-electron chi connectivity index (χ0n) is 9.93. The van der Waals surface area contributed by atoms with E-state index < -0.39 is 11.7 Å². The van der Waals surface area contributed by atoms with Crippen LogP contribution < -0.4 is 5.32 Å². The van der Waals surface area contributed by atoms with Gasteiger partial charge >= 0.3 is 6.09 Å². The maximum Gasteiger partial charge on any atom is 0.412 e. The minimum Gasteiger partial charge on any atom is -0.444 e. The van der Waals surface area contributed by atoms with E-state index in [0.29, 0.717) is 11.3 Å². The summed E-state index contributed by atoms with van der Waals surface area (Å²) in [4.78, 5) is 11.4. The molecule has 4 heteroatoms. The second-order valence-electron chi connectivity index (χ2n) is 4.59. The minimum atomic E-state index is -0.543. The number of ether oxygens (including phenoxy) is 1. The summed E-state index contributed by atoms with van der Waals surface area (Å²) in [6, 6.07) is 4.35. The number of aryl methyl sites for hydroxylation is 1. The highest BCUT2D eigenvalue weighted by atomic mass is 19.1. The number of halogens is 1. The van der Waals surface area contributed by atoms with Crippen molar-refractivity contribution in [2.45, 2.75) is 33.3 Å². The Hall–Kier alpha value is -1.58. The summed E-state index contributed by atoms with van der Waals surface area (Å²) >= 11 is 0. The Labute approximate surface area is 94.6 Å². The van der Waals surface area contributed by atoms with E-state index in [1.165, 1.54) is 12.1 Å². The Bertz CT molecular complexity index is 396. The fraction of sp³-hybridized carbons (Fsp3) is 0.417. The van der Waals surface area contributed by atoms with Gasteiger partial charge in [0.15, 0.2) is 0 Å². The molecule has 0 spiro atoms. The molecule has 0 aliphatic heterocycles. The van der Waals surface area contributed by atoms with Crippen LogP contribution in [-0.4, -0.2) is 11.7 Å². The highest BCUT2D eigenvalue weighted by Crippen LogP contribution is 2.15. The van der Waals surface area contributed by atoms with Gasteiger partial charge in [0.25, 0.3) is 0 Å². The number of benzene rings is 1. The van der Waals surface area contributed by atoms with Crippen molar-refractivity contribution in [3.63, 3.8) is 0 Å². The van der Waals surface area contributed by atoms with Crippen LogP contribution in [0.25, 0.3) is 0 Å². The van der Waals surface area contributed by atoms with Crippen LogP contribution >= 0.6 is 0 Å². The molecular weight excluding hydrogens is 209 g/mol. The molecule has 0 bridgehead atoms. The zero-order chi connectivity index (χ0) is 12.3.